The molecule has 11 aromatic rings. The highest BCUT2D eigenvalue weighted by molar-refractivity contribution is 6.23. The predicted molar refractivity (Wildman–Crippen MR) is 426 cm³/mol. The van der Waals surface area contributed by atoms with E-state index in [0.717, 1.165) is 0 Å². The molecule has 1 aromatic heterocycles. The zero-order valence-corrected chi connectivity index (χ0v) is 63.1. The van der Waals surface area contributed by atoms with Crippen LogP contribution in [0.3, 0.4) is 0 Å². The van der Waals surface area contributed by atoms with Crippen molar-refractivity contribution in [1.82, 2.24) is 0 Å². The number of pyridine rings is 1. The third-order valence-corrected chi connectivity index (χ3v) is 19.9. The Labute approximate surface area is 675 Å². The molecule has 118 heavy (non-hydrogen) atoms. The van der Waals surface area contributed by atoms with Crippen molar-refractivity contribution < 1.29 is 110 Å². The summed E-state index contributed by atoms with van der Waals surface area (Å²) in [5.74, 6) is -7.17. The monoisotopic (exact) mass is 1580 g/mol. The summed E-state index contributed by atoms with van der Waals surface area (Å²) < 4.78 is 77.5. The molecule has 24 nitrogen and oxygen atoms in total. The van der Waals surface area contributed by atoms with Gasteiger partial charge in [0.2, 0.25) is 41.8 Å². The Kier molecular flexibility index (Phi) is 23.7. The van der Waals surface area contributed by atoms with Crippen molar-refractivity contribution in [2.75, 3.05) is 25.2 Å². The van der Waals surface area contributed by atoms with Gasteiger partial charge in [-0.05, 0) is 146 Å². The summed E-state index contributed by atoms with van der Waals surface area (Å²) in [4.78, 5) is 129. The first kappa shape index (κ1) is 78.4. The highest BCUT2D eigenvalue weighted by Gasteiger charge is 2.56. The number of ketones is 1. The molecule has 0 radical (unpaired) electrons. The minimum Gasteiger partial charge on any atom is -0.506 e. The molecule has 2 saturated heterocycles. The molecule has 590 valence electrons. The van der Waals surface area contributed by atoms with Crippen LogP contribution in [0.2, 0.25) is 0 Å². The lowest BCUT2D eigenvalue weighted by molar-refractivity contribution is -0.646. The minimum absolute atomic E-state index is 0.0308. The van der Waals surface area contributed by atoms with E-state index in [4.69, 9.17) is 56.8 Å². The van der Waals surface area contributed by atoms with Gasteiger partial charge < -0.3 is 66.8 Å². The number of carbonyl (C=O) groups is 9. The first-order valence-electron chi connectivity index (χ1n) is 37.5. The molecule has 10 aromatic carbocycles. The van der Waals surface area contributed by atoms with E-state index in [1.807, 2.05) is 0 Å². The number of aryl methyl sites for hydroxylation is 1. The van der Waals surface area contributed by atoms with Crippen molar-refractivity contribution in [3.8, 4) is 11.5 Å². The van der Waals surface area contributed by atoms with Crippen LogP contribution in [0.15, 0.2) is 326 Å². The molecule has 3 aliphatic heterocycles. The van der Waals surface area contributed by atoms with Crippen molar-refractivity contribution in [2.24, 2.45) is 7.05 Å². The van der Waals surface area contributed by atoms with Crippen LogP contribution in [0.25, 0.3) is 23.1 Å². The van der Waals surface area contributed by atoms with E-state index >= 15 is 0 Å². The Balaban J connectivity index is 0.695. The highest BCUT2D eigenvalue weighted by atomic mass is 16.7. The number of aliphatic hydroxyl groups is 1. The molecule has 15 rings (SSSR count). The quantitative estimate of drug-likeness (QED) is 0.0254. The molecule has 0 spiro atoms. The second kappa shape index (κ2) is 35.7. The molecular formula is C94H73N2O22+. The van der Waals surface area contributed by atoms with Crippen molar-refractivity contribution >= 4 is 82.3 Å². The third-order valence-electron chi connectivity index (χ3n) is 19.9. The number of likely N-dealkylation sites (N-methyl/N-ethyl adjacent to an activating group) is 1. The van der Waals surface area contributed by atoms with E-state index in [0.29, 0.717) is 33.5 Å². The van der Waals surface area contributed by atoms with Gasteiger partial charge in [-0.3, -0.25) is 4.79 Å². The zero-order valence-electron chi connectivity index (χ0n) is 63.1. The molecule has 24 heteroatoms. The van der Waals surface area contributed by atoms with E-state index in [2.05, 4.69) is 0 Å². The van der Waals surface area contributed by atoms with E-state index in [1.165, 1.54) is 72.8 Å². The summed E-state index contributed by atoms with van der Waals surface area (Å²) in [5.41, 5.74) is 3.99. The first-order valence-corrected chi connectivity index (χ1v) is 37.5. The molecule has 4 aliphatic rings. The number of fused-ring (bicyclic) bond motifs is 2. The average Bonchev–Trinajstić information content (AvgIpc) is 0.699. The number of esters is 8. The Morgan fingerprint density at radius 2 is 0.729 bits per heavy atom. The average molecular weight is 1580 g/mol. The lowest BCUT2D eigenvalue weighted by Crippen LogP contribution is -2.63. The van der Waals surface area contributed by atoms with Crippen LogP contribution in [0, 0.1) is 0 Å². The normalized spacial score (nSPS) is 20.6. The highest BCUT2D eigenvalue weighted by Crippen LogP contribution is 2.40. The Hall–Kier alpha value is -14.9. The van der Waals surface area contributed by atoms with Crippen LogP contribution in [-0.4, -0.2) is 140 Å². The van der Waals surface area contributed by atoms with Crippen LogP contribution >= 0.6 is 0 Å². The molecule has 0 saturated carbocycles. The molecular weight excluding hydrogens is 1510 g/mol. The van der Waals surface area contributed by atoms with Crippen molar-refractivity contribution in [3.05, 3.63) is 382 Å². The van der Waals surface area contributed by atoms with Gasteiger partial charge in [-0.25, -0.2) is 38.4 Å². The summed E-state index contributed by atoms with van der Waals surface area (Å²) in [7, 11) is 3.52. The summed E-state index contributed by atoms with van der Waals surface area (Å²) >= 11 is 0. The minimum atomic E-state index is -1.69. The molecule has 1 N–H and O–H groups in total. The van der Waals surface area contributed by atoms with Gasteiger partial charge >= 0.3 is 47.8 Å². The van der Waals surface area contributed by atoms with Crippen LogP contribution in [-0.2, 0) is 59.2 Å². The number of nitrogens with zero attached hydrogens (tertiary/aromatic N) is 2. The fourth-order valence-corrected chi connectivity index (χ4v) is 13.8. The molecule has 0 unspecified atom stereocenters. The number of ether oxygens (including phenoxy) is 12. The molecule has 0 amide bonds. The number of Topliss-reactive ketones (excluding diaryl/α,β-unsaturated/α-hetero) is 1. The first-order chi connectivity index (χ1) is 57.5. The number of hydrogen-bond donors (Lipinski definition) is 1. The second-order valence-electron chi connectivity index (χ2n) is 27.5. The van der Waals surface area contributed by atoms with Gasteiger partial charge in [0.25, 0.3) is 0 Å². The second-order valence-corrected chi connectivity index (χ2v) is 27.5. The predicted octanol–water partition coefficient (Wildman–Crippen LogP) is 13.8. The van der Waals surface area contributed by atoms with Gasteiger partial charge in [0.1, 0.15) is 49.7 Å². The Morgan fingerprint density at radius 3 is 1.10 bits per heavy atom. The van der Waals surface area contributed by atoms with Gasteiger partial charge in [-0.15, -0.1) is 0 Å². The van der Waals surface area contributed by atoms with Gasteiger partial charge in [0.05, 0.1) is 61.0 Å². The number of rotatable bonds is 24. The summed E-state index contributed by atoms with van der Waals surface area (Å²) in [6.45, 7) is -1.16. The molecule has 4 heterocycles. The van der Waals surface area contributed by atoms with Crippen LogP contribution in [0.1, 0.15) is 94.1 Å². The Morgan fingerprint density at radius 1 is 0.390 bits per heavy atom. The smallest absolute Gasteiger partial charge is 0.338 e. The maximum absolute atomic E-state index is 14.3. The molecule has 2 fully saturated rings. The fraction of sp³-hybridized carbons (Fsp3) is 0.149. The maximum atomic E-state index is 14.3. The van der Waals surface area contributed by atoms with Crippen molar-refractivity contribution in [3.63, 3.8) is 0 Å². The number of aliphatic hydroxyl groups excluding tert-OH is 1. The van der Waals surface area contributed by atoms with Crippen molar-refractivity contribution in [2.45, 2.75) is 61.4 Å². The SMILES string of the molecule is CN1/C(=C/C2=C(O)C(=C/c3ccc4cc(O[C@@H]5O[C@H](COC(=O)c6ccccc6)[C@@H](OC(=O)c6ccccc6)[C@H](OC(=O)c6ccccc6)[C@H]5OC(=O)c5ccccc5)ccc4[n+]3C)/C2=O)C=Cc2cc(O[C@@H]3O[C@H](COC(=O)c4ccccc4)[C@@H](OC(=O)c4ccccc4)[C@H](OC(=O)c4ccccc4)[C@H]3OC(=O)c3ccccc3)ccc21. The summed E-state index contributed by atoms with van der Waals surface area (Å²) in [5, 5.41) is 12.3. The fourth-order valence-electron chi connectivity index (χ4n) is 13.8. The van der Waals surface area contributed by atoms with Crippen molar-refractivity contribution in [1.29, 1.82) is 0 Å². The van der Waals surface area contributed by atoms with Gasteiger partial charge in [0.15, 0.2) is 24.4 Å². The van der Waals surface area contributed by atoms with Gasteiger partial charge in [-0.2, -0.15) is 4.57 Å². The molecule has 10 atom stereocenters. The maximum Gasteiger partial charge on any atom is 0.338 e. The number of hydrogen-bond acceptors (Lipinski definition) is 23. The zero-order chi connectivity index (χ0) is 81.8. The standard InChI is InChI=1S/C94H72N2O22/c1-95-67(45-43-65-51-69(47-49-73(65)95)109-93-83(117-91(105)63-39-23-9-24-40-63)81(115-89(103)61-35-19-7-20-36-61)79(113-87(101)59-31-15-5-16-32-59)75(111-93)55-107-85(99)57-27-11-3-12-28-57)53-71-77(97)72(78(71)98)54-68-46-44-66-52-70(48-50-74(66)96(68)2)110-94-84(118-92(106)64-41-25-10-26-42-64)82(116-90(104)62-37-21-8-22-38-62)80(114-88(102)60-33-17-6-18-34-60)76(112-94)56-108-86(100)58-29-13-4-14-30-58/h3-54,75-76,79-84,93-94H,55-56H2,1-2H3/p+1/t75-,76-,79-,80-,81+,82+,83-,84-,93-,94-/m1/s1. The third kappa shape index (κ3) is 17.7. The number of benzene rings is 10. The lowest BCUT2D eigenvalue weighted by atomic mass is 9.86. The summed E-state index contributed by atoms with van der Waals surface area (Å²) in [6, 6.07) is 77.8. The Bertz CT molecular complexity index is 5720. The van der Waals surface area contributed by atoms with Crippen LogP contribution in [0.5, 0.6) is 11.5 Å². The van der Waals surface area contributed by atoms with E-state index in [9.17, 15) is 48.3 Å². The number of aromatic nitrogens is 1. The topological polar surface area (TPSA) is 292 Å². The van der Waals surface area contributed by atoms with E-state index in [1.54, 1.807) is 266 Å². The van der Waals surface area contributed by atoms with Crippen LogP contribution in [0.4, 0.5) is 5.69 Å². The van der Waals surface area contributed by atoms with E-state index in [-0.39, 0.29) is 72.9 Å². The van der Waals surface area contributed by atoms with Gasteiger partial charge in [-0.1, -0.05) is 152 Å². The summed E-state index contributed by atoms with van der Waals surface area (Å²) in [6.07, 6.45) is -9.58. The molecule has 1 aliphatic carbocycles. The number of allylic oxidation sites excluding steroid dienone is 4. The van der Waals surface area contributed by atoms with E-state index < -0.39 is 128 Å². The molecule has 0 bridgehead atoms. The number of anilines is 1. The van der Waals surface area contributed by atoms with Crippen LogP contribution < -0.4 is 18.9 Å². The largest absolute Gasteiger partial charge is 0.506 e. The lowest BCUT2D eigenvalue weighted by Gasteiger charge is -2.44. The number of carbonyl (C=O) groups excluding carboxylic acids is 9. The van der Waals surface area contributed by atoms with Gasteiger partial charge in [0, 0.05) is 42.2 Å².